The second-order valence-electron chi connectivity index (χ2n) is 4.13. The molecule has 19 heavy (non-hydrogen) atoms. The summed E-state index contributed by atoms with van der Waals surface area (Å²) in [6, 6.07) is 4.23. The summed E-state index contributed by atoms with van der Waals surface area (Å²) in [5.74, 6) is 0. The molecule has 1 atom stereocenters. The first-order valence-electron chi connectivity index (χ1n) is 5.68. The van der Waals surface area contributed by atoms with Gasteiger partial charge in [0.25, 0.3) is 0 Å². The molecule has 0 aromatic heterocycles. The van der Waals surface area contributed by atoms with E-state index in [0.717, 1.165) is 11.0 Å². The van der Waals surface area contributed by atoms with Gasteiger partial charge in [-0.15, -0.1) is 0 Å². The van der Waals surface area contributed by atoms with Crippen molar-refractivity contribution in [3.63, 3.8) is 0 Å². The molecule has 1 aliphatic rings. The quantitative estimate of drug-likeness (QED) is 0.921. The van der Waals surface area contributed by atoms with Crippen LogP contribution < -0.4 is 4.90 Å². The molecule has 1 heterocycles. The summed E-state index contributed by atoms with van der Waals surface area (Å²) in [5.41, 5.74) is -1.13. The van der Waals surface area contributed by atoms with Crippen molar-refractivity contribution >= 4 is 11.8 Å². The summed E-state index contributed by atoms with van der Waals surface area (Å²) >= 11 is 0. The summed E-state index contributed by atoms with van der Waals surface area (Å²) in [7, 11) is 0. The number of nitrogens with zero attached hydrogens (tertiary/aromatic N) is 1. The molecule has 0 radical (unpaired) electrons. The smallest absolute Gasteiger partial charge is 0.418 e. The molecule has 1 aliphatic heterocycles. The number of hydrogen-bond donors (Lipinski definition) is 1. The van der Waals surface area contributed by atoms with Crippen molar-refractivity contribution in [1.29, 1.82) is 0 Å². The van der Waals surface area contributed by atoms with E-state index in [2.05, 4.69) is 0 Å². The summed E-state index contributed by atoms with van der Waals surface area (Å²) in [5, 5.41) is 8.89. The molecule has 1 aromatic rings. The molecular formula is C12H12F3NO3. The minimum atomic E-state index is -4.55. The van der Waals surface area contributed by atoms with Gasteiger partial charge < -0.3 is 9.84 Å². The fraction of sp³-hybridized carbons (Fsp3) is 0.417. The van der Waals surface area contributed by atoms with Crippen LogP contribution in [0.1, 0.15) is 12.0 Å². The molecule has 7 heteroatoms. The number of anilines is 1. The predicted molar refractivity (Wildman–Crippen MR) is 60.8 cm³/mol. The molecule has 1 unspecified atom stereocenters. The zero-order valence-electron chi connectivity index (χ0n) is 9.85. The first-order valence-corrected chi connectivity index (χ1v) is 5.68. The number of ether oxygens (including phenoxy) is 1. The maximum absolute atomic E-state index is 12.9. The van der Waals surface area contributed by atoms with Gasteiger partial charge in [0.1, 0.15) is 6.61 Å². The zero-order valence-corrected chi connectivity index (χ0v) is 9.85. The topological polar surface area (TPSA) is 49.8 Å². The lowest BCUT2D eigenvalue weighted by atomic mass is 10.1. The average molecular weight is 275 g/mol. The van der Waals surface area contributed by atoms with Crippen molar-refractivity contribution in [1.82, 2.24) is 0 Å². The summed E-state index contributed by atoms with van der Waals surface area (Å²) in [6.45, 7) is -0.252. The molecule has 0 spiro atoms. The van der Waals surface area contributed by atoms with Crippen LogP contribution >= 0.6 is 0 Å². The molecule has 104 valence electrons. The minimum Gasteiger partial charge on any atom is -0.447 e. The van der Waals surface area contributed by atoms with E-state index in [-0.39, 0.29) is 25.3 Å². The first kappa shape index (κ1) is 13.7. The SMILES string of the molecule is O=C1OCC(CCO)N1c1ccccc1C(F)(F)F. The average Bonchev–Trinajstić information content (AvgIpc) is 2.70. The van der Waals surface area contributed by atoms with Crippen molar-refractivity contribution in [2.24, 2.45) is 0 Å². The molecule has 1 fully saturated rings. The van der Waals surface area contributed by atoms with E-state index in [0.29, 0.717) is 0 Å². The molecule has 1 saturated heterocycles. The van der Waals surface area contributed by atoms with E-state index < -0.39 is 23.9 Å². The maximum Gasteiger partial charge on any atom is 0.418 e. The van der Waals surface area contributed by atoms with Crippen molar-refractivity contribution in [3.8, 4) is 0 Å². The van der Waals surface area contributed by atoms with Gasteiger partial charge in [0.15, 0.2) is 0 Å². The van der Waals surface area contributed by atoms with Gasteiger partial charge in [-0.25, -0.2) is 4.79 Å². The Kier molecular flexibility index (Phi) is 3.66. The standard InChI is InChI=1S/C12H12F3NO3/c13-12(14,15)9-3-1-2-4-10(9)16-8(5-6-17)7-19-11(16)18/h1-4,8,17H,5-7H2. The molecule has 4 nitrogen and oxygen atoms in total. The summed E-state index contributed by atoms with van der Waals surface area (Å²) in [4.78, 5) is 12.6. The van der Waals surface area contributed by atoms with Crippen LogP contribution in [0.3, 0.4) is 0 Å². The molecule has 1 amide bonds. The van der Waals surface area contributed by atoms with Gasteiger partial charge in [-0.1, -0.05) is 12.1 Å². The van der Waals surface area contributed by atoms with Crippen molar-refractivity contribution in [2.45, 2.75) is 18.6 Å². The number of aliphatic hydroxyl groups excluding tert-OH is 1. The second-order valence-corrected chi connectivity index (χ2v) is 4.13. The molecule has 0 aliphatic carbocycles. The van der Waals surface area contributed by atoms with Crippen LogP contribution in [-0.2, 0) is 10.9 Å². The number of carbonyl (C=O) groups is 1. The second kappa shape index (κ2) is 5.08. The Hall–Kier alpha value is -1.76. The number of para-hydroxylation sites is 1. The van der Waals surface area contributed by atoms with E-state index >= 15 is 0 Å². The van der Waals surface area contributed by atoms with Gasteiger partial charge in [-0.3, -0.25) is 4.90 Å². The van der Waals surface area contributed by atoms with Gasteiger partial charge in [-0.2, -0.15) is 13.2 Å². The number of hydrogen-bond acceptors (Lipinski definition) is 3. The number of carbonyl (C=O) groups excluding carboxylic acids is 1. The third kappa shape index (κ3) is 2.65. The number of benzene rings is 1. The van der Waals surface area contributed by atoms with Crippen LogP contribution in [0.2, 0.25) is 0 Å². The van der Waals surface area contributed by atoms with Crippen LogP contribution in [0.15, 0.2) is 24.3 Å². The van der Waals surface area contributed by atoms with Crippen molar-refractivity contribution in [2.75, 3.05) is 18.1 Å². The normalized spacial score (nSPS) is 19.7. The van der Waals surface area contributed by atoms with E-state index in [9.17, 15) is 18.0 Å². The van der Waals surface area contributed by atoms with E-state index in [1.54, 1.807) is 0 Å². The number of amides is 1. The van der Waals surface area contributed by atoms with E-state index in [4.69, 9.17) is 9.84 Å². The molecule has 0 saturated carbocycles. The van der Waals surface area contributed by atoms with Crippen molar-refractivity contribution in [3.05, 3.63) is 29.8 Å². The van der Waals surface area contributed by atoms with Crippen molar-refractivity contribution < 1.29 is 27.8 Å². The number of cyclic esters (lactones) is 1. The van der Waals surface area contributed by atoms with Gasteiger partial charge in [0, 0.05) is 6.61 Å². The maximum atomic E-state index is 12.9. The first-order chi connectivity index (χ1) is 8.95. The highest BCUT2D eigenvalue weighted by molar-refractivity contribution is 5.91. The highest BCUT2D eigenvalue weighted by atomic mass is 19.4. The fourth-order valence-corrected chi connectivity index (χ4v) is 2.04. The van der Waals surface area contributed by atoms with Gasteiger partial charge in [0.2, 0.25) is 0 Å². The number of halogens is 3. The molecule has 0 bridgehead atoms. The highest BCUT2D eigenvalue weighted by Gasteiger charge is 2.40. The number of rotatable bonds is 3. The summed E-state index contributed by atoms with van der Waals surface area (Å²) in [6.07, 6.45) is -5.21. The molecular weight excluding hydrogens is 263 g/mol. The van der Waals surface area contributed by atoms with Gasteiger partial charge >= 0.3 is 12.3 Å². The predicted octanol–water partition coefficient (Wildman–Crippen LogP) is 2.41. The fourth-order valence-electron chi connectivity index (χ4n) is 2.04. The van der Waals surface area contributed by atoms with Crippen LogP contribution in [0, 0.1) is 0 Å². The van der Waals surface area contributed by atoms with Crippen LogP contribution in [0.25, 0.3) is 0 Å². The Morgan fingerprint density at radius 3 is 2.68 bits per heavy atom. The van der Waals surface area contributed by atoms with E-state index in [1.165, 1.54) is 18.2 Å². The lowest BCUT2D eigenvalue weighted by molar-refractivity contribution is -0.137. The van der Waals surface area contributed by atoms with Crippen LogP contribution in [0.4, 0.5) is 23.7 Å². The molecule has 1 aromatic carbocycles. The number of alkyl halides is 3. The highest BCUT2D eigenvalue weighted by Crippen LogP contribution is 2.38. The Morgan fingerprint density at radius 1 is 1.37 bits per heavy atom. The van der Waals surface area contributed by atoms with Gasteiger partial charge in [0.05, 0.1) is 17.3 Å². The lowest BCUT2D eigenvalue weighted by Crippen LogP contribution is -2.35. The Labute approximate surface area is 107 Å². The van der Waals surface area contributed by atoms with E-state index in [1.807, 2.05) is 0 Å². The monoisotopic (exact) mass is 275 g/mol. The molecule has 1 N–H and O–H groups in total. The van der Waals surface area contributed by atoms with Crippen LogP contribution in [-0.4, -0.2) is 30.5 Å². The number of aliphatic hydroxyl groups is 1. The van der Waals surface area contributed by atoms with Crippen LogP contribution in [0.5, 0.6) is 0 Å². The van der Waals surface area contributed by atoms with Gasteiger partial charge in [-0.05, 0) is 18.6 Å². The lowest BCUT2D eigenvalue weighted by Gasteiger charge is -2.24. The minimum absolute atomic E-state index is 0.0222. The largest absolute Gasteiger partial charge is 0.447 e. The Balaban J connectivity index is 2.42. The third-order valence-electron chi connectivity index (χ3n) is 2.89. The Bertz CT molecular complexity index is 476. The molecule has 2 rings (SSSR count). The third-order valence-corrected chi connectivity index (χ3v) is 2.89. The zero-order chi connectivity index (χ0) is 14.0. The Morgan fingerprint density at radius 2 is 2.05 bits per heavy atom. The summed E-state index contributed by atoms with van der Waals surface area (Å²) < 4.78 is 43.5.